The predicted molar refractivity (Wildman–Crippen MR) is 58.9 cm³/mol. The maximum Gasteiger partial charge on any atom is 0.269 e. The number of rotatable bonds is 3. The first kappa shape index (κ1) is 11.1. The van der Waals surface area contributed by atoms with E-state index in [1.165, 1.54) is 0 Å². The van der Waals surface area contributed by atoms with Crippen molar-refractivity contribution < 1.29 is 9.90 Å². The largest absolute Gasteiger partial charge is 0.396 e. The lowest BCUT2D eigenvalue weighted by Crippen LogP contribution is -2.43. The third-order valence-electron chi connectivity index (χ3n) is 3.21. The first-order valence-electron chi connectivity index (χ1n) is 5.72. The minimum Gasteiger partial charge on any atom is -0.396 e. The number of nitrogens with zero attached hydrogens (tertiary/aromatic N) is 1. The van der Waals surface area contributed by atoms with Crippen molar-refractivity contribution in [2.75, 3.05) is 6.61 Å². The molecule has 1 fully saturated rings. The summed E-state index contributed by atoms with van der Waals surface area (Å²) in [6, 6.07) is 1.74. The van der Waals surface area contributed by atoms with Gasteiger partial charge in [-0.2, -0.15) is 5.10 Å². The SMILES string of the molecule is O=C(NC1CCCCC1CO)c1ccn[nH]1. The van der Waals surface area contributed by atoms with Crippen LogP contribution in [0.15, 0.2) is 12.3 Å². The van der Waals surface area contributed by atoms with Crippen LogP contribution in [0.5, 0.6) is 0 Å². The van der Waals surface area contributed by atoms with Gasteiger partial charge in [0, 0.05) is 24.8 Å². The Morgan fingerprint density at radius 1 is 1.56 bits per heavy atom. The summed E-state index contributed by atoms with van der Waals surface area (Å²) in [6.45, 7) is 0.147. The number of nitrogens with one attached hydrogen (secondary N) is 2. The normalized spacial score (nSPS) is 25.3. The summed E-state index contributed by atoms with van der Waals surface area (Å²) in [6.07, 6.45) is 5.75. The van der Waals surface area contributed by atoms with Crippen molar-refractivity contribution in [3.05, 3.63) is 18.0 Å². The molecule has 0 bridgehead atoms. The van der Waals surface area contributed by atoms with Crippen molar-refractivity contribution >= 4 is 5.91 Å². The van der Waals surface area contributed by atoms with Crippen molar-refractivity contribution in [2.45, 2.75) is 31.7 Å². The number of hydrogen-bond donors (Lipinski definition) is 3. The molecule has 0 saturated heterocycles. The van der Waals surface area contributed by atoms with Crippen molar-refractivity contribution in [3.63, 3.8) is 0 Å². The number of carbonyl (C=O) groups is 1. The van der Waals surface area contributed by atoms with Crippen LogP contribution in [-0.2, 0) is 0 Å². The molecule has 0 aliphatic heterocycles. The molecule has 2 rings (SSSR count). The Labute approximate surface area is 94.2 Å². The van der Waals surface area contributed by atoms with Gasteiger partial charge in [0.25, 0.3) is 5.91 Å². The number of carbonyl (C=O) groups excluding carboxylic acids is 1. The Balaban J connectivity index is 1.95. The molecule has 16 heavy (non-hydrogen) atoms. The van der Waals surface area contributed by atoms with Gasteiger partial charge in [-0.25, -0.2) is 0 Å². The molecule has 1 saturated carbocycles. The van der Waals surface area contributed by atoms with E-state index in [2.05, 4.69) is 15.5 Å². The Kier molecular flexibility index (Phi) is 3.56. The van der Waals surface area contributed by atoms with E-state index >= 15 is 0 Å². The lowest BCUT2D eigenvalue weighted by molar-refractivity contribution is 0.0867. The van der Waals surface area contributed by atoms with E-state index in [4.69, 9.17) is 0 Å². The molecular weight excluding hydrogens is 206 g/mol. The average Bonchev–Trinajstić information content (AvgIpc) is 2.83. The molecule has 0 spiro atoms. The summed E-state index contributed by atoms with van der Waals surface area (Å²) in [5, 5.41) is 18.6. The molecule has 1 aromatic rings. The second-order valence-electron chi connectivity index (χ2n) is 4.28. The summed E-state index contributed by atoms with van der Waals surface area (Å²) >= 11 is 0. The van der Waals surface area contributed by atoms with Gasteiger partial charge < -0.3 is 10.4 Å². The van der Waals surface area contributed by atoms with Gasteiger partial charge in [0.2, 0.25) is 0 Å². The minimum absolute atomic E-state index is 0.0922. The molecule has 0 radical (unpaired) electrons. The van der Waals surface area contributed by atoms with E-state index in [-0.39, 0.29) is 24.5 Å². The van der Waals surface area contributed by atoms with E-state index in [0.29, 0.717) is 5.69 Å². The second kappa shape index (κ2) is 5.12. The van der Waals surface area contributed by atoms with Gasteiger partial charge in [0.1, 0.15) is 5.69 Å². The molecule has 5 heteroatoms. The van der Waals surface area contributed by atoms with Crippen LogP contribution >= 0.6 is 0 Å². The molecule has 1 amide bonds. The number of hydrogen-bond acceptors (Lipinski definition) is 3. The lowest BCUT2D eigenvalue weighted by atomic mass is 9.85. The Hall–Kier alpha value is -1.36. The van der Waals surface area contributed by atoms with Crippen molar-refractivity contribution in [3.8, 4) is 0 Å². The summed E-state index contributed by atoms with van der Waals surface area (Å²) in [5.41, 5.74) is 0.474. The zero-order valence-corrected chi connectivity index (χ0v) is 9.15. The zero-order valence-electron chi connectivity index (χ0n) is 9.15. The summed E-state index contributed by atoms with van der Waals surface area (Å²) in [4.78, 5) is 11.8. The minimum atomic E-state index is -0.136. The zero-order chi connectivity index (χ0) is 11.4. The quantitative estimate of drug-likeness (QED) is 0.705. The van der Waals surface area contributed by atoms with E-state index < -0.39 is 0 Å². The maximum atomic E-state index is 11.8. The Bertz CT molecular complexity index is 337. The van der Waals surface area contributed by atoms with Gasteiger partial charge >= 0.3 is 0 Å². The van der Waals surface area contributed by atoms with Crippen molar-refractivity contribution in [2.24, 2.45) is 5.92 Å². The second-order valence-corrected chi connectivity index (χ2v) is 4.28. The predicted octanol–water partition coefficient (Wildman–Crippen LogP) is 0.691. The van der Waals surface area contributed by atoms with Crippen molar-refractivity contribution in [1.82, 2.24) is 15.5 Å². The van der Waals surface area contributed by atoms with Gasteiger partial charge in [-0.15, -0.1) is 0 Å². The van der Waals surface area contributed by atoms with E-state index in [0.717, 1.165) is 25.7 Å². The van der Waals surface area contributed by atoms with Crippen LogP contribution in [0.25, 0.3) is 0 Å². The van der Waals surface area contributed by atoms with Crippen LogP contribution in [-0.4, -0.2) is 33.9 Å². The molecule has 0 aromatic carbocycles. The highest BCUT2D eigenvalue weighted by molar-refractivity contribution is 5.92. The topological polar surface area (TPSA) is 78.0 Å². The summed E-state index contributed by atoms with van der Waals surface area (Å²) < 4.78 is 0. The first-order chi connectivity index (χ1) is 7.81. The van der Waals surface area contributed by atoms with Gasteiger partial charge in [0.15, 0.2) is 0 Å². The molecule has 1 aliphatic rings. The van der Waals surface area contributed by atoms with Crippen LogP contribution in [0.4, 0.5) is 0 Å². The number of amides is 1. The highest BCUT2D eigenvalue weighted by Gasteiger charge is 2.26. The van der Waals surface area contributed by atoms with Gasteiger partial charge in [0.05, 0.1) is 0 Å². The summed E-state index contributed by atoms with van der Waals surface area (Å²) in [7, 11) is 0. The fraction of sp³-hybridized carbons (Fsp3) is 0.636. The number of aliphatic hydroxyl groups excluding tert-OH is 1. The fourth-order valence-electron chi connectivity index (χ4n) is 2.24. The third-order valence-corrected chi connectivity index (χ3v) is 3.21. The van der Waals surface area contributed by atoms with Crippen molar-refractivity contribution in [1.29, 1.82) is 0 Å². The molecule has 1 aliphatic carbocycles. The highest BCUT2D eigenvalue weighted by atomic mass is 16.3. The average molecular weight is 223 g/mol. The monoisotopic (exact) mass is 223 g/mol. The summed E-state index contributed by atoms with van der Waals surface area (Å²) in [5.74, 6) is 0.0588. The molecular formula is C11H17N3O2. The Morgan fingerprint density at radius 2 is 2.38 bits per heavy atom. The first-order valence-corrected chi connectivity index (χ1v) is 5.72. The standard InChI is InChI=1S/C11H17N3O2/c15-7-8-3-1-2-4-9(8)13-11(16)10-5-6-12-14-10/h5-6,8-9,15H,1-4,7H2,(H,12,14)(H,13,16). The van der Waals surface area contributed by atoms with E-state index in [1.807, 2.05) is 0 Å². The molecule has 1 aromatic heterocycles. The van der Waals surface area contributed by atoms with E-state index in [9.17, 15) is 9.90 Å². The molecule has 1 heterocycles. The van der Waals surface area contributed by atoms with Gasteiger partial charge in [-0.05, 0) is 18.9 Å². The molecule has 2 unspecified atom stereocenters. The number of H-pyrrole nitrogens is 1. The van der Waals surface area contributed by atoms with Crippen LogP contribution in [0.1, 0.15) is 36.2 Å². The lowest BCUT2D eigenvalue weighted by Gasteiger charge is -2.30. The van der Waals surface area contributed by atoms with Crippen LogP contribution in [0.2, 0.25) is 0 Å². The third kappa shape index (κ3) is 2.41. The molecule has 88 valence electrons. The van der Waals surface area contributed by atoms with Crippen LogP contribution in [0.3, 0.4) is 0 Å². The van der Waals surface area contributed by atoms with Gasteiger partial charge in [-0.1, -0.05) is 12.8 Å². The van der Waals surface area contributed by atoms with Gasteiger partial charge in [-0.3, -0.25) is 9.89 Å². The fourth-order valence-corrected chi connectivity index (χ4v) is 2.24. The number of aromatic nitrogens is 2. The van der Waals surface area contributed by atoms with Crippen LogP contribution in [0, 0.1) is 5.92 Å². The highest BCUT2D eigenvalue weighted by Crippen LogP contribution is 2.24. The maximum absolute atomic E-state index is 11.8. The smallest absolute Gasteiger partial charge is 0.269 e. The Morgan fingerprint density at radius 3 is 3.06 bits per heavy atom. The van der Waals surface area contributed by atoms with Crippen LogP contribution < -0.4 is 5.32 Å². The number of aliphatic hydroxyl groups is 1. The van der Waals surface area contributed by atoms with E-state index in [1.54, 1.807) is 12.3 Å². The molecule has 5 nitrogen and oxygen atoms in total. The molecule has 3 N–H and O–H groups in total. The molecule has 2 atom stereocenters. The number of aromatic amines is 1.